The predicted octanol–water partition coefficient (Wildman–Crippen LogP) is 4.06. The summed E-state index contributed by atoms with van der Waals surface area (Å²) in [5, 5.41) is 7.31. The number of amides is 2. The zero-order valence-corrected chi connectivity index (χ0v) is 14.9. The molecule has 4 atom stereocenters. The molecule has 5 nitrogen and oxygen atoms in total. The molecule has 2 amide bonds. The Morgan fingerprint density at radius 3 is 2.92 bits per heavy atom. The van der Waals surface area contributed by atoms with Gasteiger partial charge in [0.05, 0.1) is 12.1 Å². The van der Waals surface area contributed by atoms with Crippen molar-refractivity contribution in [3.8, 4) is 0 Å². The van der Waals surface area contributed by atoms with E-state index in [1.54, 1.807) is 0 Å². The third kappa shape index (κ3) is 3.13. The number of ether oxygens (including phenoxy) is 1. The third-order valence-electron chi connectivity index (χ3n) is 5.72. The Hall–Kier alpha value is -2.01. The Labute approximate surface area is 148 Å². The number of hydrogen-bond acceptors (Lipinski definition) is 3. The van der Waals surface area contributed by atoms with Crippen LogP contribution in [-0.2, 0) is 4.74 Å². The highest BCUT2D eigenvalue weighted by Gasteiger charge is 2.38. The van der Waals surface area contributed by atoms with Gasteiger partial charge in [-0.2, -0.15) is 0 Å². The largest absolute Gasteiger partial charge is 0.459 e. The molecule has 25 heavy (non-hydrogen) atoms. The minimum atomic E-state index is -0.174. The number of hydrogen-bond donors (Lipinski definition) is 2. The van der Waals surface area contributed by atoms with Crippen LogP contribution < -0.4 is 10.6 Å². The summed E-state index contributed by atoms with van der Waals surface area (Å²) >= 11 is 0. The van der Waals surface area contributed by atoms with Crippen molar-refractivity contribution in [3.63, 3.8) is 0 Å². The van der Waals surface area contributed by atoms with E-state index in [-0.39, 0.29) is 18.1 Å². The van der Waals surface area contributed by atoms with E-state index in [0.717, 1.165) is 54.6 Å². The van der Waals surface area contributed by atoms with E-state index in [2.05, 4.69) is 10.6 Å². The van der Waals surface area contributed by atoms with Gasteiger partial charge in [0.25, 0.3) is 0 Å². The summed E-state index contributed by atoms with van der Waals surface area (Å²) in [5.74, 6) is 1.28. The minimum Gasteiger partial charge on any atom is -0.459 e. The molecule has 1 saturated heterocycles. The van der Waals surface area contributed by atoms with Crippen molar-refractivity contribution in [1.82, 2.24) is 10.6 Å². The molecule has 2 fully saturated rings. The van der Waals surface area contributed by atoms with Crippen LogP contribution in [0.5, 0.6) is 0 Å². The summed E-state index contributed by atoms with van der Waals surface area (Å²) in [6, 6.07) is 7.89. The molecule has 2 aliphatic rings. The third-order valence-corrected chi connectivity index (χ3v) is 5.72. The number of carbonyl (C=O) groups excluding carboxylic acids is 1. The number of urea groups is 1. The van der Waals surface area contributed by atoms with Crippen molar-refractivity contribution >= 4 is 17.0 Å². The van der Waals surface area contributed by atoms with Crippen molar-refractivity contribution in [2.24, 2.45) is 5.92 Å². The number of carbonyl (C=O) groups is 1. The molecule has 4 rings (SSSR count). The summed E-state index contributed by atoms with van der Waals surface area (Å²) in [7, 11) is 0. The number of nitrogens with one attached hydrogen (secondary N) is 2. The van der Waals surface area contributed by atoms with Crippen molar-refractivity contribution in [2.75, 3.05) is 6.61 Å². The molecule has 1 aliphatic carbocycles. The van der Waals surface area contributed by atoms with Crippen LogP contribution in [0.4, 0.5) is 4.79 Å². The summed E-state index contributed by atoms with van der Waals surface area (Å²) in [4.78, 5) is 12.5. The van der Waals surface area contributed by atoms with Crippen LogP contribution in [0.1, 0.15) is 50.0 Å². The van der Waals surface area contributed by atoms with Gasteiger partial charge in [-0.1, -0.05) is 18.2 Å². The number of para-hydroxylation sites is 1. The lowest BCUT2D eigenvalue weighted by atomic mass is 9.82. The lowest BCUT2D eigenvalue weighted by Gasteiger charge is -2.33. The SMILES string of the molecule is Cc1c([C@@H](C)NC(=O)NC2CCCC3OCCC23)oc2ccccc12. The van der Waals surface area contributed by atoms with Gasteiger partial charge in [-0.05, 0) is 45.6 Å². The van der Waals surface area contributed by atoms with E-state index < -0.39 is 0 Å². The molecule has 134 valence electrons. The normalized spacial score (nSPS) is 27.0. The first-order chi connectivity index (χ1) is 12.1. The van der Waals surface area contributed by atoms with Gasteiger partial charge in [0, 0.05) is 29.5 Å². The first kappa shape index (κ1) is 16.5. The standard InChI is InChI=1S/C20H26N2O3/c1-12-14-6-3-4-8-18(14)25-19(12)13(2)21-20(23)22-16-7-5-9-17-15(16)10-11-24-17/h3-4,6,8,13,15-17H,5,7,9-11H2,1-2H3,(H2,21,22,23)/t13-,15?,16?,17?/m1/s1. The zero-order chi connectivity index (χ0) is 17.4. The van der Waals surface area contributed by atoms with E-state index in [1.807, 2.05) is 38.1 Å². The van der Waals surface area contributed by atoms with Gasteiger partial charge >= 0.3 is 6.03 Å². The molecule has 3 unspecified atom stereocenters. The lowest BCUT2D eigenvalue weighted by Crippen LogP contribution is -2.49. The highest BCUT2D eigenvalue weighted by Crippen LogP contribution is 2.34. The Bertz CT molecular complexity index is 769. The predicted molar refractivity (Wildman–Crippen MR) is 96.5 cm³/mol. The molecular formula is C20H26N2O3. The van der Waals surface area contributed by atoms with Crippen molar-refractivity contribution < 1.29 is 13.9 Å². The molecule has 1 aromatic heterocycles. The second-order valence-corrected chi connectivity index (χ2v) is 7.33. The van der Waals surface area contributed by atoms with Gasteiger partial charge < -0.3 is 19.8 Å². The van der Waals surface area contributed by atoms with E-state index in [9.17, 15) is 4.79 Å². The van der Waals surface area contributed by atoms with Crippen molar-refractivity contribution in [2.45, 2.75) is 57.7 Å². The molecule has 2 aromatic rings. The molecule has 1 aromatic carbocycles. The number of rotatable bonds is 3. The summed E-state index contributed by atoms with van der Waals surface area (Å²) in [5.41, 5.74) is 1.95. The second-order valence-electron chi connectivity index (χ2n) is 7.33. The molecule has 1 aliphatic heterocycles. The van der Waals surface area contributed by atoms with Crippen LogP contribution in [0.2, 0.25) is 0 Å². The molecule has 0 radical (unpaired) electrons. The van der Waals surface area contributed by atoms with E-state index in [4.69, 9.17) is 9.15 Å². The Morgan fingerprint density at radius 2 is 2.08 bits per heavy atom. The van der Waals surface area contributed by atoms with Crippen LogP contribution in [0, 0.1) is 12.8 Å². The molecule has 0 bridgehead atoms. The number of fused-ring (bicyclic) bond motifs is 2. The van der Waals surface area contributed by atoms with Gasteiger partial charge in [0.1, 0.15) is 11.3 Å². The highest BCUT2D eigenvalue weighted by molar-refractivity contribution is 5.82. The Balaban J connectivity index is 1.42. The van der Waals surface area contributed by atoms with E-state index in [0.29, 0.717) is 12.0 Å². The van der Waals surface area contributed by atoms with Crippen LogP contribution in [0.25, 0.3) is 11.0 Å². The topological polar surface area (TPSA) is 63.5 Å². The quantitative estimate of drug-likeness (QED) is 0.884. The number of benzene rings is 1. The van der Waals surface area contributed by atoms with Gasteiger partial charge in [-0.15, -0.1) is 0 Å². The van der Waals surface area contributed by atoms with E-state index in [1.165, 1.54) is 0 Å². The Kier molecular flexibility index (Phi) is 4.42. The van der Waals surface area contributed by atoms with Crippen molar-refractivity contribution in [3.05, 3.63) is 35.6 Å². The fourth-order valence-electron chi connectivity index (χ4n) is 4.43. The van der Waals surface area contributed by atoms with Crippen LogP contribution in [-0.4, -0.2) is 24.8 Å². The molecular weight excluding hydrogens is 316 g/mol. The maximum Gasteiger partial charge on any atom is 0.315 e. The van der Waals surface area contributed by atoms with Crippen LogP contribution in [0.3, 0.4) is 0 Å². The maximum absolute atomic E-state index is 12.5. The molecule has 0 spiro atoms. The van der Waals surface area contributed by atoms with Crippen molar-refractivity contribution in [1.29, 1.82) is 0 Å². The monoisotopic (exact) mass is 342 g/mol. The molecule has 2 N–H and O–H groups in total. The summed E-state index contributed by atoms with van der Waals surface area (Å²) in [6.45, 7) is 4.83. The number of aryl methyl sites for hydroxylation is 1. The van der Waals surface area contributed by atoms with E-state index >= 15 is 0 Å². The second kappa shape index (κ2) is 6.71. The van der Waals surface area contributed by atoms with Gasteiger partial charge in [0.2, 0.25) is 0 Å². The Morgan fingerprint density at radius 1 is 1.24 bits per heavy atom. The van der Waals surface area contributed by atoms with Crippen LogP contribution >= 0.6 is 0 Å². The smallest absolute Gasteiger partial charge is 0.315 e. The van der Waals surface area contributed by atoms with Gasteiger partial charge in [0.15, 0.2) is 0 Å². The zero-order valence-electron chi connectivity index (χ0n) is 14.9. The molecule has 2 heterocycles. The first-order valence-corrected chi connectivity index (χ1v) is 9.30. The molecule has 1 saturated carbocycles. The average molecular weight is 342 g/mol. The maximum atomic E-state index is 12.5. The minimum absolute atomic E-state index is 0.120. The summed E-state index contributed by atoms with van der Waals surface area (Å²) in [6.07, 6.45) is 4.65. The lowest BCUT2D eigenvalue weighted by molar-refractivity contribution is 0.0548. The fourth-order valence-corrected chi connectivity index (χ4v) is 4.43. The fraction of sp³-hybridized carbons (Fsp3) is 0.550. The highest BCUT2D eigenvalue weighted by atomic mass is 16.5. The van der Waals surface area contributed by atoms with Gasteiger partial charge in [-0.3, -0.25) is 0 Å². The molecule has 5 heteroatoms. The van der Waals surface area contributed by atoms with Gasteiger partial charge in [-0.25, -0.2) is 4.79 Å². The summed E-state index contributed by atoms with van der Waals surface area (Å²) < 4.78 is 11.7. The average Bonchev–Trinajstić information content (AvgIpc) is 3.21. The first-order valence-electron chi connectivity index (χ1n) is 9.30. The van der Waals surface area contributed by atoms with Crippen LogP contribution in [0.15, 0.2) is 28.7 Å². The number of furan rings is 1.